The smallest absolute Gasteiger partial charge is 0.250 e. The highest BCUT2D eigenvalue weighted by atomic mass is 16.5. The van der Waals surface area contributed by atoms with E-state index in [0.717, 1.165) is 39.1 Å². The summed E-state index contributed by atoms with van der Waals surface area (Å²) < 4.78 is 5.37. The summed E-state index contributed by atoms with van der Waals surface area (Å²) in [5.41, 5.74) is 11.5. The van der Waals surface area contributed by atoms with Crippen LogP contribution in [0.4, 0.5) is 5.69 Å². The molecule has 1 aromatic heterocycles. The van der Waals surface area contributed by atoms with Crippen LogP contribution in [0.1, 0.15) is 36.5 Å². The number of aromatic amines is 1. The number of nitrogens with two attached hydrogens (primary N) is 1. The van der Waals surface area contributed by atoms with Gasteiger partial charge in [-0.25, -0.2) is 0 Å². The molecular formula is C35H35N7O3. The molecule has 0 saturated carbocycles. The maximum absolute atomic E-state index is 14.6. The van der Waals surface area contributed by atoms with E-state index in [1.54, 1.807) is 25.9 Å². The number of hydrogen-bond donors (Lipinski definition) is 3. The minimum Gasteiger partial charge on any atom is -0.497 e. The number of carbonyl (C=O) groups is 2. The molecule has 0 saturated heterocycles. The molecule has 2 heterocycles. The highest BCUT2D eigenvalue weighted by Gasteiger charge is 2.40. The molecule has 1 aliphatic rings. The van der Waals surface area contributed by atoms with Crippen molar-refractivity contribution in [2.75, 3.05) is 12.0 Å². The van der Waals surface area contributed by atoms with Crippen LogP contribution in [0.3, 0.4) is 0 Å². The average molecular weight is 602 g/mol. The van der Waals surface area contributed by atoms with Crippen molar-refractivity contribution in [1.82, 2.24) is 25.9 Å². The van der Waals surface area contributed by atoms with Gasteiger partial charge in [-0.1, -0.05) is 78.9 Å². The number of ether oxygens (including phenoxy) is 1. The molecule has 2 unspecified atom stereocenters. The molecule has 6 rings (SSSR count). The number of nitrogens with one attached hydrogen (secondary N) is 2. The number of methoxy groups -OCH3 is 1. The number of carbonyl (C=O) groups excluding carboxylic acids is 2. The monoisotopic (exact) mass is 601 g/mol. The van der Waals surface area contributed by atoms with Crippen molar-refractivity contribution in [2.24, 2.45) is 5.73 Å². The summed E-state index contributed by atoms with van der Waals surface area (Å²) in [7, 11) is 1.61. The van der Waals surface area contributed by atoms with Crippen LogP contribution in [-0.4, -0.2) is 51.1 Å². The molecule has 4 aromatic carbocycles. The summed E-state index contributed by atoms with van der Waals surface area (Å²) in [6.45, 7) is 3.59. The Morgan fingerprint density at radius 3 is 2.33 bits per heavy atom. The minimum atomic E-state index is -1.16. The van der Waals surface area contributed by atoms with E-state index in [2.05, 4.69) is 25.9 Å². The van der Waals surface area contributed by atoms with E-state index < -0.39 is 17.5 Å². The molecule has 10 nitrogen and oxygen atoms in total. The number of nitrogens with zero attached hydrogens (tertiary/aromatic N) is 4. The van der Waals surface area contributed by atoms with Crippen LogP contribution in [0.5, 0.6) is 5.75 Å². The van der Waals surface area contributed by atoms with E-state index in [1.165, 1.54) is 0 Å². The van der Waals surface area contributed by atoms with Gasteiger partial charge in [-0.15, -0.1) is 10.2 Å². The van der Waals surface area contributed by atoms with Crippen LogP contribution in [0, 0.1) is 0 Å². The first-order valence-electron chi connectivity index (χ1n) is 14.8. The molecule has 0 bridgehead atoms. The number of fused-ring (bicyclic) bond motifs is 1. The van der Waals surface area contributed by atoms with Gasteiger partial charge in [-0.05, 0) is 71.5 Å². The van der Waals surface area contributed by atoms with Crippen LogP contribution in [0.2, 0.25) is 0 Å². The number of benzene rings is 4. The van der Waals surface area contributed by atoms with Crippen molar-refractivity contribution in [2.45, 2.75) is 44.3 Å². The zero-order valence-electron chi connectivity index (χ0n) is 25.4. The first-order valence-corrected chi connectivity index (χ1v) is 14.8. The van der Waals surface area contributed by atoms with E-state index in [0.29, 0.717) is 24.5 Å². The van der Waals surface area contributed by atoms with Gasteiger partial charge in [-0.3, -0.25) is 9.59 Å². The lowest BCUT2D eigenvalue weighted by molar-refractivity contribution is -0.130. The molecule has 2 amide bonds. The van der Waals surface area contributed by atoms with Crippen molar-refractivity contribution in [3.05, 3.63) is 114 Å². The third-order valence-electron chi connectivity index (χ3n) is 8.19. The van der Waals surface area contributed by atoms with Gasteiger partial charge in [0.25, 0.3) is 5.91 Å². The van der Waals surface area contributed by atoms with Crippen molar-refractivity contribution < 1.29 is 14.3 Å². The van der Waals surface area contributed by atoms with Gasteiger partial charge in [0, 0.05) is 17.2 Å². The van der Waals surface area contributed by atoms with E-state index in [4.69, 9.17) is 10.5 Å². The maximum Gasteiger partial charge on any atom is 0.250 e. The van der Waals surface area contributed by atoms with E-state index in [1.807, 2.05) is 97.1 Å². The van der Waals surface area contributed by atoms with Crippen LogP contribution in [0.25, 0.3) is 22.5 Å². The fourth-order valence-corrected chi connectivity index (χ4v) is 5.75. The Morgan fingerprint density at radius 1 is 0.978 bits per heavy atom. The number of anilines is 1. The highest BCUT2D eigenvalue weighted by Crippen LogP contribution is 2.37. The van der Waals surface area contributed by atoms with Crippen LogP contribution in [0.15, 0.2) is 97.1 Å². The lowest BCUT2D eigenvalue weighted by Gasteiger charge is -2.31. The molecule has 0 spiro atoms. The molecule has 0 radical (unpaired) electrons. The number of H-pyrrole nitrogens is 1. The predicted octanol–water partition coefficient (Wildman–Crippen LogP) is 4.64. The standard InChI is InChI=1S/C35H35N7O3/c1-35(2,36)34(44)37-31-29(24-16-18-26(45-3)19-17-24)20-25-8-4-7-11-30(25)42(33(31)43)21-22-12-14-23(15-13-22)27-9-5-6-10-28(27)32-38-40-41-39-32/h4-19,29,31H,20-21,36H2,1-3H3,(H,37,44)(H,38,39,40,41). The van der Waals surface area contributed by atoms with Crippen molar-refractivity contribution in [1.29, 1.82) is 0 Å². The van der Waals surface area contributed by atoms with Gasteiger partial charge >= 0.3 is 0 Å². The van der Waals surface area contributed by atoms with Gasteiger partial charge in [0.2, 0.25) is 11.7 Å². The molecule has 1 aliphatic heterocycles. The van der Waals surface area contributed by atoms with Gasteiger partial charge in [0.1, 0.15) is 11.8 Å². The predicted molar refractivity (Wildman–Crippen MR) is 172 cm³/mol. The third kappa shape index (κ3) is 6.18. The van der Waals surface area contributed by atoms with Gasteiger partial charge in [0.15, 0.2) is 0 Å². The summed E-state index contributed by atoms with van der Waals surface area (Å²) in [5.74, 6) is 0.305. The summed E-state index contributed by atoms with van der Waals surface area (Å²) in [4.78, 5) is 29.6. The van der Waals surface area contributed by atoms with Crippen LogP contribution < -0.4 is 20.7 Å². The molecule has 0 aliphatic carbocycles. The number of hydrogen-bond acceptors (Lipinski definition) is 7. The Bertz CT molecular complexity index is 1800. The number of amides is 2. The molecule has 2 atom stereocenters. The Kier molecular flexibility index (Phi) is 8.14. The summed E-state index contributed by atoms with van der Waals surface area (Å²) in [5, 5.41) is 17.5. The minimum absolute atomic E-state index is 0.204. The Morgan fingerprint density at radius 2 is 1.67 bits per heavy atom. The molecule has 4 N–H and O–H groups in total. The number of rotatable bonds is 8. The van der Waals surface area contributed by atoms with E-state index >= 15 is 0 Å². The molecule has 228 valence electrons. The summed E-state index contributed by atoms with van der Waals surface area (Å²) in [6, 6.07) is 30.7. The Balaban J connectivity index is 1.36. The molecule has 45 heavy (non-hydrogen) atoms. The van der Waals surface area contributed by atoms with E-state index in [9.17, 15) is 9.59 Å². The van der Waals surface area contributed by atoms with Gasteiger partial charge in [0.05, 0.1) is 19.2 Å². The normalized spacial score (nSPS) is 16.5. The third-order valence-corrected chi connectivity index (χ3v) is 8.19. The highest BCUT2D eigenvalue weighted by molar-refractivity contribution is 6.02. The molecule has 10 heteroatoms. The topological polar surface area (TPSA) is 139 Å². The maximum atomic E-state index is 14.6. The number of para-hydroxylation sites is 1. The molecular weight excluding hydrogens is 566 g/mol. The fraction of sp³-hybridized carbons (Fsp3) is 0.229. The lowest BCUT2D eigenvalue weighted by Crippen LogP contribution is -2.57. The first kappa shape index (κ1) is 29.7. The Hall–Kier alpha value is -5.35. The largest absolute Gasteiger partial charge is 0.497 e. The second-order valence-corrected chi connectivity index (χ2v) is 11.8. The number of aromatic nitrogens is 4. The SMILES string of the molecule is COc1ccc(C2Cc3ccccc3N(Cc3ccc(-c4ccccc4-c4nn[nH]n4)cc3)C(=O)C2NC(=O)C(C)(C)N)cc1. The quantitative estimate of drug-likeness (QED) is 0.236. The van der Waals surface area contributed by atoms with Gasteiger partial charge < -0.3 is 20.7 Å². The van der Waals surface area contributed by atoms with Gasteiger partial charge in [-0.2, -0.15) is 5.21 Å². The Labute approximate surface area is 261 Å². The van der Waals surface area contributed by atoms with Crippen molar-refractivity contribution in [3.8, 4) is 28.3 Å². The zero-order chi connectivity index (χ0) is 31.6. The fourth-order valence-electron chi connectivity index (χ4n) is 5.75. The van der Waals surface area contributed by atoms with E-state index in [-0.39, 0.29) is 11.8 Å². The van der Waals surface area contributed by atoms with Crippen LogP contribution >= 0.6 is 0 Å². The van der Waals surface area contributed by atoms with Crippen LogP contribution in [-0.2, 0) is 22.6 Å². The number of tetrazole rings is 1. The molecule has 0 fully saturated rings. The summed E-state index contributed by atoms with van der Waals surface area (Å²) >= 11 is 0. The second kappa shape index (κ2) is 12.3. The van der Waals surface area contributed by atoms with Crippen molar-refractivity contribution in [3.63, 3.8) is 0 Å². The first-order chi connectivity index (χ1) is 21.7. The summed E-state index contributed by atoms with van der Waals surface area (Å²) in [6.07, 6.45) is 0.548. The van der Waals surface area contributed by atoms with Crippen molar-refractivity contribution >= 4 is 17.5 Å². The zero-order valence-corrected chi connectivity index (χ0v) is 25.4. The lowest BCUT2D eigenvalue weighted by atomic mass is 9.85. The molecule has 5 aromatic rings. The average Bonchev–Trinajstić information content (AvgIpc) is 3.57. The second-order valence-electron chi connectivity index (χ2n) is 11.8.